The van der Waals surface area contributed by atoms with Gasteiger partial charge in [0.1, 0.15) is 12.5 Å². The molecule has 1 N–H and O–H groups in total. The summed E-state index contributed by atoms with van der Waals surface area (Å²) in [5.41, 5.74) is -3.00. The van der Waals surface area contributed by atoms with Crippen LogP contribution in [0.2, 0.25) is 0 Å². The summed E-state index contributed by atoms with van der Waals surface area (Å²) < 4.78 is 0. The summed E-state index contributed by atoms with van der Waals surface area (Å²) in [4.78, 5) is 52.4. The minimum absolute atomic E-state index is 0.00642. The van der Waals surface area contributed by atoms with Gasteiger partial charge in [-0.1, -0.05) is 84.9 Å². The van der Waals surface area contributed by atoms with Gasteiger partial charge in [0.2, 0.25) is 5.78 Å². The molecule has 1 fully saturated rings. The van der Waals surface area contributed by atoms with Crippen LogP contribution in [0.4, 0.5) is 0 Å². The lowest BCUT2D eigenvalue weighted by molar-refractivity contribution is -0.959. The highest BCUT2D eigenvalue weighted by atomic mass is 16.6. The van der Waals surface area contributed by atoms with Gasteiger partial charge in [0.15, 0.2) is 18.9 Å². The number of carbonyl (C=O) groups excluding carboxylic acids is 2. The summed E-state index contributed by atoms with van der Waals surface area (Å²) in [7, 11) is 0. The SMILES string of the molecule is O=C(CC1C2([N+](=O)[O-])C[NH+](Cc3ccccc3)CC1([N+](=O)[O-])c1ccccc1C2=O)c1ccccc1. The molecule has 1 aliphatic carbocycles. The minimum atomic E-state index is -2.31. The molecule has 2 aliphatic rings. The molecule has 4 atom stereocenters. The first-order valence-electron chi connectivity index (χ1n) is 11.7. The predicted octanol–water partition coefficient (Wildman–Crippen LogP) is 2.36. The average Bonchev–Trinajstić information content (AvgIpc) is 2.89. The Kier molecular flexibility index (Phi) is 5.72. The van der Waals surface area contributed by atoms with Gasteiger partial charge in [-0.15, -0.1) is 0 Å². The molecular weight excluding hydrogens is 462 g/mol. The van der Waals surface area contributed by atoms with Gasteiger partial charge in [-0.2, -0.15) is 0 Å². The molecule has 1 saturated heterocycles. The number of nitro groups is 2. The van der Waals surface area contributed by atoms with Gasteiger partial charge in [-0.05, 0) is 0 Å². The second-order valence-electron chi connectivity index (χ2n) is 9.55. The predicted molar refractivity (Wildman–Crippen MR) is 129 cm³/mol. The van der Waals surface area contributed by atoms with Crippen molar-refractivity contribution in [2.75, 3.05) is 13.1 Å². The zero-order valence-corrected chi connectivity index (χ0v) is 19.3. The highest BCUT2D eigenvalue weighted by Crippen LogP contribution is 2.50. The van der Waals surface area contributed by atoms with Crippen LogP contribution in [0.1, 0.15) is 38.3 Å². The van der Waals surface area contributed by atoms with Gasteiger partial charge in [0.25, 0.3) is 0 Å². The molecule has 3 aromatic carbocycles. The van der Waals surface area contributed by atoms with Crippen molar-refractivity contribution in [3.05, 3.63) is 127 Å². The van der Waals surface area contributed by atoms with Crippen LogP contribution < -0.4 is 4.90 Å². The standard InChI is InChI=1S/C27H23N3O6/c31-23(20-11-5-2-6-12-20)15-24-26(29(33)34)17-28(16-19-9-3-1-4-10-19)18-27(24,30(35)36)25(32)21-13-7-8-14-22(21)26/h1-14,24H,15-18H2/p+1. The second kappa shape index (κ2) is 8.76. The third kappa shape index (κ3) is 3.43. The van der Waals surface area contributed by atoms with Crippen LogP contribution in [-0.4, -0.2) is 40.0 Å². The van der Waals surface area contributed by atoms with Crippen LogP contribution in [0.25, 0.3) is 0 Å². The molecule has 4 unspecified atom stereocenters. The number of nitrogens with one attached hydrogen (secondary N) is 1. The summed E-state index contributed by atoms with van der Waals surface area (Å²) in [6, 6.07) is 23.5. The maximum atomic E-state index is 13.9. The third-order valence-corrected chi connectivity index (χ3v) is 7.66. The third-order valence-electron chi connectivity index (χ3n) is 7.66. The van der Waals surface area contributed by atoms with E-state index in [0.717, 1.165) is 5.56 Å². The van der Waals surface area contributed by atoms with Crippen molar-refractivity contribution in [1.29, 1.82) is 0 Å². The topological polar surface area (TPSA) is 125 Å². The lowest BCUT2D eigenvalue weighted by atomic mass is 9.55. The van der Waals surface area contributed by atoms with Crippen molar-refractivity contribution >= 4 is 11.6 Å². The van der Waals surface area contributed by atoms with Gasteiger partial charge < -0.3 is 4.90 Å². The molecule has 0 radical (unpaired) electrons. The summed E-state index contributed by atoms with van der Waals surface area (Å²) in [5.74, 6) is -2.67. The van der Waals surface area contributed by atoms with Gasteiger partial charge in [-0.25, -0.2) is 0 Å². The van der Waals surface area contributed by atoms with E-state index >= 15 is 0 Å². The first kappa shape index (κ1) is 23.5. The number of carbonyl (C=O) groups is 2. The lowest BCUT2D eigenvalue weighted by Gasteiger charge is -2.48. The fraction of sp³-hybridized carbons (Fsp3) is 0.259. The van der Waals surface area contributed by atoms with Crippen LogP contribution in [0, 0.1) is 26.1 Å². The summed E-state index contributed by atoms with van der Waals surface area (Å²) in [6.07, 6.45) is -0.481. The highest BCUT2D eigenvalue weighted by Gasteiger charge is 2.79. The van der Waals surface area contributed by atoms with E-state index in [4.69, 9.17) is 0 Å². The van der Waals surface area contributed by atoms with Crippen LogP contribution in [0.5, 0.6) is 0 Å². The maximum Gasteiger partial charge on any atom is 0.341 e. The van der Waals surface area contributed by atoms with Crippen LogP contribution in [-0.2, 0) is 12.1 Å². The molecular formula is C27H24N3O6+. The molecule has 2 bridgehead atoms. The number of piperidine rings is 1. The Morgan fingerprint density at radius 2 is 1.39 bits per heavy atom. The monoisotopic (exact) mass is 486 g/mol. The van der Waals surface area contributed by atoms with Gasteiger partial charge in [-0.3, -0.25) is 29.8 Å². The smallest absolute Gasteiger partial charge is 0.318 e. The van der Waals surface area contributed by atoms with E-state index in [-0.39, 0.29) is 30.8 Å². The molecule has 1 aliphatic heterocycles. The first-order valence-corrected chi connectivity index (χ1v) is 11.7. The number of hydrogen-bond acceptors (Lipinski definition) is 6. The number of quaternary nitrogens is 1. The van der Waals surface area contributed by atoms with Crippen molar-refractivity contribution in [1.82, 2.24) is 0 Å². The molecule has 9 nitrogen and oxygen atoms in total. The fourth-order valence-electron chi connectivity index (χ4n) is 6.12. The molecule has 9 heteroatoms. The number of fused-ring (bicyclic) bond motifs is 4. The number of benzene rings is 3. The molecule has 3 aromatic rings. The summed E-state index contributed by atoms with van der Waals surface area (Å²) in [6.45, 7) is -0.0489. The summed E-state index contributed by atoms with van der Waals surface area (Å²) >= 11 is 0. The molecule has 5 rings (SSSR count). The zero-order valence-electron chi connectivity index (χ0n) is 19.3. The minimum Gasteiger partial charge on any atom is -0.318 e. The quantitative estimate of drug-likeness (QED) is 0.311. The number of likely N-dealkylation sites (tertiary alicyclic amines) is 1. The number of ketones is 2. The van der Waals surface area contributed by atoms with E-state index in [1.54, 1.807) is 42.5 Å². The maximum absolute atomic E-state index is 13.9. The number of Topliss-reactive ketones (excluding diaryl/α,β-unsaturated/α-hetero) is 2. The van der Waals surface area contributed by atoms with E-state index in [2.05, 4.69) is 0 Å². The fourth-order valence-corrected chi connectivity index (χ4v) is 6.12. The van der Waals surface area contributed by atoms with E-state index in [9.17, 15) is 29.8 Å². The summed E-state index contributed by atoms with van der Waals surface area (Å²) in [5, 5.41) is 25.8. The van der Waals surface area contributed by atoms with Gasteiger partial charge in [0.05, 0.1) is 0 Å². The van der Waals surface area contributed by atoms with Crippen LogP contribution >= 0.6 is 0 Å². The Balaban J connectivity index is 1.71. The molecule has 0 saturated carbocycles. The molecule has 182 valence electrons. The Morgan fingerprint density at radius 1 is 0.833 bits per heavy atom. The van der Waals surface area contributed by atoms with Crippen molar-refractivity contribution < 1.29 is 24.3 Å². The molecule has 0 aromatic heterocycles. The first-order chi connectivity index (χ1) is 17.3. The number of hydrogen-bond donors (Lipinski definition) is 1. The normalized spacial score (nSPS) is 26.6. The van der Waals surface area contributed by atoms with Crippen molar-refractivity contribution in [2.45, 2.75) is 24.0 Å². The molecule has 1 heterocycles. The largest absolute Gasteiger partial charge is 0.341 e. The zero-order chi connectivity index (χ0) is 25.5. The average molecular weight is 487 g/mol. The Morgan fingerprint density at radius 3 is 2.03 bits per heavy atom. The van der Waals surface area contributed by atoms with Crippen molar-refractivity contribution in [3.63, 3.8) is 0 Å². The van der Waals surface area contributed by atoms with E-state index in [1.165, 1.54) is 12.1 Å². The Hall–Kier alpha value is -4.24. The van der Waals surface area contributed by atoms with Crippen LogP contribution in [0.3, 0.4) is 0 Å². The second-order valence-corrected chi connectivity index (χ2v) is 9.55. The highest BCUT2D eigenvalue weighted by molar-refractivity contribution is 6.06. The molecule has 36 heavy (non-hydrogen) atoms. The van der Waals surface area contributed by atoms with Crippen LogP contribution in [0.15, 0.2) is 84.9 Å². The van der Waals surface area contributed by atoms with Gasteiger partial charge >= 0.3 is 11.1 Å². The Labute approximate surface area is 206 Å². The number of rotatable bonds is 7. The molecule has 0 amide bonds. The van der Waals surface area contributed by atoms with Crippen molar-refractivity contribution in [3.8, 4) is 0 Å². The van der Waals surface area contributed by atoms with E-state index in [1.807, 2.05) is 30.3 Å². The van der Waals surface area contributed by atoms with E-state index in [0.29, 0.717) is 10.5 Å². The molecule has 0 spiro atoms. The van der Waals surface area contributed by atoms with Gasteiger partial charge in [0, 0.05) is 38.5 Å². The van der Waals surface area contributed by atoms with E-state index < -0.39 is 44.8 Å². The van der Waals surface area contributed by atoms with Crippen molar-refractivity contribution in [2.24, 2.45) is 5.92 Å². The number of nitrogens with zero attached hydrogens (tertiary/aromatic N) is 2. The lowest BCUT2D eigenvalue weighted by Crippen LogP contribution is -3.18. The Bertz CT molecular complexity index is 1360.